The average molecular weight is 432 g/mol. The predicted octanol–water partition coefficient (Wildman–Crippen LogP) is 4.31. The molecule has 5 rings (SSSR count). The highest BCUT2D eigenvalue weighted by Crippen LogP contribution is 2.55. The van der Waals surface area contributed by atoms with E-state index in [4.69, 9.17) is 23.9 Å². The number of thioether (sulfide) groups is 1. The molecule has 1 fully saturated rings. The third-order valence-electron chi connectivity index (χ3n) is 5.99. The molecule has 1 aromatic carbocycles. The normalized spacial score (nSPS) is 20.6. The van der Waals surface area contributed by atoms with E-state index in [1.54, 1.807) is 14.2 Å². The molecule has 3 heterocycles. The maximum Gasteiger partial charge on any atom is 0.271 e. The molecular formula is C21H25N3O5S. The number of ether oxygens (including phenoxy) is 4. The van der Waals surface area contributed by atoms with Gasteiger partial charge in [-0.15, -0.1) is 0 Å². The first-order valence-corrected chi connectivity index (χ1v) is 11.1. The fourth-order valence-corrected chi connectivity index (χ4v) is 5.73. The second kappa shape index (κ2) is 7.61. The van der Waals surface area contributed by atoms with Gasteiger partial charge in [0.25, 0.3) is 5.56 Å². The molecule has 30 heavy (non-hydrogen) atoms. The van der Waals surface area contributed by atoms with E-state index in [1.807, 2.05) is 17.7 Å². The minimum atomic E-state index is -0.288. The quantitative estimate of drug-likeness (QED) is 0.776. The third kappa shape index (κ3) is 2.98. The highest BCUT2D eigenvalue weighted by molar-refractivity contribution is 8.14. The summed E-state index contributed by atoms with van der Waals surface area (Å²) in [5, 5.41) is 3.69. The van der Waals surface area contributed by atoms with Crippen LogP contribution in [0.25, 0.3) is 0 Å². The molecule has 3 aliphatic rings. The van der Waals surface area contributed by atoms with Crippen molar-refractivity contribution in [3.63, 3.8) is 0 Å². The van der Waals surface area contributed by atoms with Crippen LogP contribution in [0.4, 0.5) is 5.82 Å². The lowest BCUT2D eigenvalue weighted by Gasteiger charge is -2.27. The lowest BCUT2D eigenvalue weighted by atomic mass is 9.95. The number of benzene rings is 1. The summed E-state index contributed by atoms with van der Waals surface area (Å²) in [7, 11) is 3.19. The molecule has 9 heteroatoms. The number of nitrogens with one attached hydrogen (secondary N) is 1. The van der Waals surface area contributed by atoms with Crippen LogP contribution < -0.4 is 24.5 Å². The molecule has 0 radical (unpaired) electrons. The molecule has 2 aliphatic heterocycles. The third-order valence-corrected chi connectivity index (χ3v) is 7.15. The molecule has 0 bridgehead atoms. The van der Waals surface area contributed by atoms with E-state index in [9.17, 15) is 4.79 Å². The molecular weight excluding hydrogens is 406 g/mol. The Morgan fingerprint density at radius 1 is 1.17 bits per heavy atom. The van der Waals surface area contributed by atoms with Gasteiger partial charge in [-0.1, -0.05) is 31.0 Å². The molecule has 0 amide bonds. The molecule has 1 aliphatic carbocycles. The van der Waals surface area contributed by atoms with E-state index >= 15 is 0 Å². The molecule has 0 spiro atoms. The van der Waals surface area contributed by atoms with Gasteiger partial charge in [-0.2, -0.15) is 0 Å². The van der Waals surface area contributed by atoms with E-state index < -0.39 is 0 Å². The zero-order chi connectivity index (χ0) is 20.8. The fourth-order valence-electron chi connectivity index (χ4n) is 4.62. The number of fused-ring (bicyclic) bond motifs is 2. The summed E-state index contributed by atoms with van der Waals surface area (Å²) in [5.41, 5.74) is 1.35. The van der Waals surface area contributed by atoms with Crippen molar-refractivity contribution < 1.29 is 18.9 Å². The predicted molar refractivity (Wildman–Crippen MR) is 115 cm³/mol. The largest absolute Gasteiger partial charge is 0.493 e. The Hall–Kier alpha value is -2.55. The molecule has 1 N–H and O–H groups in total. The zero-order valence-corrected chi connectivity index (χ0v) is 18.1. The molecule has 2 aromatic rings. The fraction of sp³-hybridized carbons (Fsp3) is 0.524. The molecule has 8 nitrogen and oxygen atoms in total. The smallest absolute Gasteiger partial charge is 0.271 e. The summed E-state index contributed by atoms with van der Waals surface area (Å²) in [6.07, 6.45) is 5.72. The molecule has 1 saturated carbocycles. The van der Waals surface area contributed by atoms with Gasteiger partial charge >= 0.3 is 0 Å². The Balaban J connectivity index is 1.67. The molecule has 1 aromatic heterocycles. The van der Waals surface area contributed by atoms with Crippen molar-refractivity contribution in [3.05, 3.63) is 27.5 Å². The van der Waals surface area contributed by atoms with Gasteiger partial charge in [-0.25, -0.2) is 4.99 Å². The van der Waals surface area contributed by atoms with Crippen molar-refractivity contribution in [3.8, 4) is 23.0 Å². The number of H-pyrrole nitrogens is 1. The summed E-state index contributed by atoms with van der Waals surface area (Å²) < 4.78 is 24.5. The number of methoxy groups -OCH3 is 2. The Labute approximate surface area is 178 Å². The number of nitrogens with zero attached hydrogens (tertiary/aromatic N) is 2. The van der Waals surface area contributed by atoms with Gasteiger partial charge < -0.3 is 18.9 Å². The Morgan fingerprint density at radius 2 is 1.93 bits per heavy atom. The summed E-state index contributed by atoms with van der Waals surface area (Å²) in [4.78, 5) is 17.9. The van der Waals surface area contributed by atoms with Crippen molar-refractivity contribution in [1.29, 1.82) is 0 Å². The highest BCUT2D eigenvalue weighted by Gasteiger charge is 2.37. The summed E-state index contributed by atoms with van der Waals surface area (Å²) >= 11 is 1.54. The van der Waals surface area contributed by atoms with Gasteiger partial charge in [0, 0.05) is 5.56 Å². The summed E-state index contributed by atoms with van der Waals surface area (Å²) in [5.74, 6) is 2.89. The van der Waals surface area contributed by atoms with E-state index in [2.05, 4.69) is 5.10 Å². The second-order valence-corrected chi connectivity index (χ2v) is 9.03. The van der Waals surface area contributed by atoms with Crippen molar-refractivity contribution in [1.82, 2.24) is 9.78 Å². The first-order valence-electron chi connectivity index (χ1n) is 10.2. The van der Waals surface area contributed by atoms with Gasteiger partial charge in [0.2, 0.25) is 18.3 Å². The lowest BCUT2D eigenvalue weighted by Crippen LogP contribution is -2.16. The van der Waals surface area contributed by atoms with Gasteiger partial charge in [-0.05, 0) is 25.8 Å². The van der Waals surface area contributed by atoms with Gasteiger partial charge in [0.15, 0.2) is 17.3 Å². The number of rotatable bonds is 4. The van der Waals surface area contributed by atoms with E-state index in [0.717, 1.165) is 29.3 Å². The van der Waals surface area contributed by atoms with Gasteiger partial charge in [-0.3, -0.25) is 14.6 Å². The molecule has 1 unspecified atom stereocenters. The minimum Gasteiger partial charge on any atom is -0.493 e. The van der Waals surface area contributed by atoms with Crippen molar-refractivity contribution in [2.45, 2.75) is 50.3 Å². The summed E-state index contributed by atoms with van der Waals surface area (Å²) in [6.45, 7) is 2.08. The SMILES string of the molecule is COc1cc(C2SC(C)=Nc3c2c(=O)[nH]n3C2CCCCC2)c(OC)c2c1OCO2. The monoisotopic (exact) mass is 431 g/mol. The number of aliphatic imine (C=N–C) groups is 1. The second-order valence-electron chi connectivity index (χ2n) is 7.73. The maximum atomic E-state index is 13.1. The standard InChI is InChI=1S/C21H25N3O5S/c1-11-22-20-15(21(25)23-24(20)12-7-5-4-6-8-12)19(30-11)13-9-14(26-2)17-18(16(13)27-3)29-10-28-17/h9,12,19H,4-8,10H2,1-3H3,(H,23,25). The number of aromatic amines is 1. The summed E-state index contributed by atoms with van der Waals surface area (Å²) in [6, 6.07) is 2.16. The van der Waals surface area contributed by atoms with Gasteiger partial charge in [0.05, 0.1) is 36.1 Å². The molecule has 1 atom stereocenters. The number of aromatic nitrogens is 2. The Morgan fingerprint density at radius 3 is 2.67 bits per heavy atom. The van der Waals surface area contributed by atoms with Crippen molar-refractivity contribution in [2.24, 2.45) is 4.99 Å². The van der Waals surface area contributed by atoms with Crippen LogP contribution in [0.3, 0.4) is 0 Å². The molecule has 160 valence electrons. The Bertz CT molecular complexity index is 1070. The van der Waals surface area contributed by atoms with Crippen LogP contribution in [0, 0.1) is 0 Å². The van der Waals surface area contributed by atoms with Crippen LogP contribution in [-0.2, 0) is 0 Å². The molecule has 0 saturated heterocycles. The minimum absolute atomic E-state index is 0.105. The van der Waals surface area contributed by atoms with Crippen LogP contribution >= 0.6 is 11.8 Å². The topological polar surface area (TPSA) is 87.1 Å². The van der Waals surface area contributed by atoms with Crippen LogP contribution in [-0.4, -0.2) is 35.8 Å². The lowest BCUT2D eigenvalue weighted by molar-refractivity contribution is 0.168. The van der Waals surface area contributed by atoms with Crippen LogP contribution in [0.1, 0.15) is 61.4 Å². The zero-order valence-electron chi connectivity index (χ0n) is 17.3. The van der Waals surface area contributed by atoms with Crippen LogP contribution in [0.15, 0.2) is 15.9 Å². The van der Waals surface area contributed by atoms with Gasteiger partial charge in [0.1, 0.15) is 0 Å². The first-order chi connectivity index (χ1) is 14.6. The highest BCUT2D eigenvalue weighted by atomic mass is 32.2. The Kier molecular flexibility index (Phi) is 4.92. The van der Waals surface area contributed by atoms with E-state index in [1.165, 1.54) is 31.0 Å². The first kappa shape index (κ1) is 19.4. The van der Waals surface area contributed by atoms with Crippen LogP contribution in [0.2, 0.25) is 0 Å². The maximum absolute atomic E-state index is 13.1. The van der Waals surface area contributed by atoms with Crippen LogP contribution in [0.5, 0.6) is 23.0 Å². The number of hydrogen-bond donors (Lipinski definition) is 1. The van der Waals surface area contributed by atoms with E-state index in [0.29, 0.717) is 28.6 Å². The van der Waals surface area contributed by atoms with E-state index in [-0.39, 0.29) is 23.6 Å². The average Bonchev–Trinajstić information content (AvgIpc) is 3.38. The van der Waals surface area contributed by atoms with Crippen molar-refractivity contribution >= 4 is 22.6 Å². The van der Waals surface area contributed by atoms with Crippen molar-refractivity contribution in [2.75, 3.05) is 21.0 Å². The number of hydrogen-bond acceptors (Lipinski definition) is 7.